The number of nitrogens with zero attached hydrogens (tertiary/aromatic N) is 3. The van der Waals surface area contributed by atoms with Crippen molar-refractivity contribution in [2.24, 2.45) is 16.5 Å². The van der Waals surface area contributed by atoms with Gasteiger partial charge in [-0.15, -0.1) is 0 Å². The van der Waals surface area contributed by atoms with Crippen LogP contribution >= 0.6 is 0 Å². The molecule has 0 saturated carbocycles. The third-order valence-corrected chi connectivity index (χ3v) is 3.62. The van der Waals surface area contributed by atoms with Gasteiger partial charge in [0.2, 0.25) is 0 Å². The molecule has 0 bridgehead atoms. The Balaban J connectivity index is 3.62. The highest BCUT2D eigenvalue weighted by Gasteiger charge is 2.49. The van der Waals surface area contributed by atoms with E-state index in [1.54, 1.807) is 6.07 Å². The van der Waals surface area contributed by atoms with Crippen molar-refractivity contribution in [1.82, 2.24) is 4.98 Å². The van der Waals surface area contributed by atoms with E-state index < -0.39 is 27.1 Å². The summed E-state index contributed by atoms with van der Waals surface area (Å²) < 4.78 is 64.4. The van der Waals surface area contributed by atoms with E-state index in [4.69, 9.17) is 16.7 Å². The lowest BCUT2D eigenvalue weighted by molar-refractivity contribution is -0.0500. The minimum atomic E-state index is -5.99. The van der Waals surface area contributed by atoms with E-state index in [0.717, 1.165) is 24.7 Å². The summed E-state index contributed by atoms with van der Waals surface area (Å²) in [6.45, 7) is 0. The Hall–Kier alpha value is -3.07. The zero-order valence-corrected chi connectivity index (χ0v) is 13.5. The van der Waals surface area contributed by atoms with Crippen molar-refractivity contribution >= 4 is 27.5 Å². The predicted molar refractivity (Wildman–Crippen MR) is 84.2 cm³/mol. The second-order valence-electron chi connectivity index (χ2n) is 4.26. The average Bonchev–Trinajstić information content (AvgIpc) is 2.53. The van der Waals surface area contributed by atoms with E-state index in [9.17, 15) is 21.6 Å². The number of allylic oxidation sites excluding steroid dienone is 2. The predicted octanol–water partition coefficient (Wildman–Crippen LogP) is 1.13. The molecule has 0 radical (unpaired) electrons. The minimum Gasteiger partial charge on any atom is -0.404 e. The monoisotopic (exact) mass is 375 g/mol. The molecule has 0 saturated heterocycles. The second-order valence-corrected chi connectivity index (χ2v) is 5.79. The summed E-state index contributed by atoms with van der Waals surface area (Å²) in [4.78, 5) is 7.45. The molecule has 4 N–H and O–H groups in total. The van der Waals surface area contributed by atoms with E-state index in [1.807, 2.05) is 0 Å². The Kier molecular flexibility index (Phi) is 6.13. The summed E-state index contributed by atoms with van der Waals surface area (Å²) >= 11 is 0. The summed E-state index contributed by atoms with van der Waals surface area (Å²) in [6, 6.07) is 2.50. The molecular formula is C13H12F3N5O3S. The zero-order chi connectivity index (χ0) is 19.3. The average molecular weight is 375 g/mol. The summed E-state index contributed by atoms with van der Waals surface area (Å²) in [7, 11) is -4.57. The van der Waals surface area contributed by atoms with Crippen molar-refractivity contribution in [1.29, 1.82) is 5.26 Å². The molecule has 25 heavy (non-hydrogen) atoms. The first-order valence-corrected chi connectivity index (χ1v) is 7.69. The van der Waals surface area contributed by atoms with Crippen LogP contribution < -0.4 is 15.7 Å². The van der Waals surface area contributed by atoms with Gasteiger partial charge < -0.3 is 15.7 Å². The lowest BCUT2D eigenvalue weighted by atomic mass is 10.1. The SMILES string of the molecule is CN=CC(=CN)c1cnc(C(C#N)=CN)c(OS(=O)(=O)C(F)(F)F)c1. The number of aliphatic imine (C=N–C) groups is 1. The fraction of sp³-hybridized carbons (Fsp3) is 0.154. The standard InChI is InChI=1S/C13H12F3N5O3S/c1-20-6-10(5-19)8-2-11(24-25(22,23)13(14,15)16)12(21-7-8)9(3-17)4-18/h2-3,5-7H,17,19H2,1H3. The molecule has 12 heteroatoms. The summed E-state index contributed by atoms with van der Waals surface area (Å²) in [5.74, 6) is -0.836. The van der Waals surface area contributed by atoms with Gasteiger partial charge in [-0.25, -0.2) is 0 Å². The van der Waals surface area contributed by atoms with Crippen LogP contribution in [0.3, 0.4) is 0 Å². The Morgan fingerprint density at radius 1 is 1.40 bits per heavy atom. The molecule has 1 aromatic rings. The number of rotatable bonds is 5. The van der Waals surface area contributed by atoms with Crippen molar-refractivity contribution in [2.45, 2.75) is 5.51 Å². The van der Waals surface area contributed by atoms with Gasteiger partial charge in [-0.05, 0) is 6.07 Å². The van der Waals surface area contributed by atoms with Crippen LogP contribution in [0.1, 0.15) is 11.3 Å². The van der Waals surface area contributed by atoms with Gasteiger partial charge in [0, 0.05) is 43.0 Å². The largest absolute Gasteiger partial charge is 0.534 e. The Labute approximate surface area is 141 Å². The minimum absolute atomic E-state index is 0.110. The Morgan fingerprint density at radius 3 is 2.48 bits per heavy atom. The van der Waals surface area contributed by atoms with E-state index in [-0.39, 0.29) is 16.7 Å². The Bertz CT molecular complexity index is 883. The maximum absolute atomic E-state index is 12.6. The van der Waals surface area contributed by atoms with Gasteiger partial charge in [-0.1, -0.05) is 0 Å². The van der Waals surface area contributed by atoms with Gasteiger partial charge in [0.15, 0.2) is 5.75 Å². The molecule has 1 rings (SSSR count). The molecular weight excluding hydrogens is 363 g/mol. The summed E-state index contributed by atoms with van der Waals surface area (Å²) in [6.07, 6.45) is 4.24. The maximum atomic E-state index is 12.6. The van der Waals surface area contributed by atoms with Gasteiger partial charge in [0.1, 0.15) is 11.8 Å². The van der Waals surface area contributed by atoms with Crippen molar-refractivity contribution in [3.8, 4) is 11.8 Å². The third kappa shape index (κ3) is 4.48. The zero-order valence-electron chi connectivity index (χ0n) is 12.6. The van der Waals surface area contributed by atoms with Gasteiger partial charge in [-0.3, -0.25) is 9.98 Å². The van der Waals surface area contributed by atoms with Crippen LogP contribution in [0.25, 0.3) is 11.1 Å². The van der Waals surface area contributed by atoms with Gasteiger partial charge in [-0.2, -0.15) is 26.9 Å². The molecule has 0 fully saturated rings. The quantitative estimate of drug-likeness (QED) is 0.340. The Morgan fingerprint density at radius 2 is 2.04 bits per heavy atom. The van der Waals surface area contributed by atoms with E-state index >= 15 is 0 Å². The van der Waals surface area contributed by atoms with Crippen LogP contribution in [0.4, 0.5) is 13.2 Å². The van der Waals surface area contributed by atoms with Crippen LogP contribution in [-0.2, 0) is 10.1 Å². The van der Waals surface area contributed by atoms with Crippen LogP contribution in [-0.4, -0.2) is 32.2 Å². The van der Waals surface area contributed by atoms with E-state index in [2.05, 4.69) is 14.2 Å². The molecule has 8 nitrogen and oxygen atoms in total. The van der Waals surface area contributed by atoms with Crippen LogP contribution in [0.2, 0.25) is 0 Å². The first-order chi connectivity index (χ1) is 11.6. The fourth-order valence-corrected chi connectivity index (χ4v) is 2.01. The molecule has 134 valence electrons. The lowest BCUT2D eigenvalue weighted by Gasteiger charge is -2.13. The number of pyridine rings is 1. The van der Waals surface area contributed by atoms with E-state index in [0.29, 0.717) is 0 Å². The topological polar surface area (TPSA) is 144 Å². The lowest BCUT2D eigenvalue weighted by Crippen LogP contribution is -2.28. The highest BCUT2D eigenvalue weighted by molar-refractivity contribution is 7.88. The molecule has 0 aliphatic heterocycles. The number of hydrogen-bond acceptors (Lipinski definition) is 8. The van der Waals surface area contributed by atoms with E-state index in [1.165, 1.54) is 13.3 Å². The van der Waals surface area contributed by atoms with Crippen LogP contribution in [0.5, 0.6) is 5.75 Å². The maximum Gasteiger partial charge on any atom is 0.534 e. The van der Waals surface area contributed by atoms with Crippen LogP contribution in [0, 0.1) is 11.3 Å². The van der Waals surface area contributed by atoms with Crippen molar-refractivity contribution in [2.75, 3.05) is 7.05 Å². The normalized spacial score (nSPS) is 13.7. The number of nitrogens with two attached hydrogens (primary N) is 2. The first kappa shape index (κ1) is 20.0. The second kappa shape index (κ2) is 7.67. The number of nitriles is 1. The number of hydrogen-bond donors (Lipinski definition) is 2. The molecule has 0 atom stereocenters. The molecule has 0 unspecified atom stereocenters. The summed E-state index contributed by atoms with van der Waals surface area (Å²) in [5, 5.41) is 8.95. The van der Waals surface area contributed by atoms with Crippen molar-refractivity contribution < 1.29 is 25.8 Å². The molecule has 0 amide bonds. The molecule has 0 aliphatic rings. The van der Waals surface area contributed by atoms with Crippen molar-refractivity contribution in [3.63, 3.8) is 0 Å². The number of aromatic nitrogens is 1. The molecule has 0 aromatic carbocycles. The molecule has 0 spiro atoms. The number of alkyl halides is 3. The molecule has 0 aliphatic carbocycles. The van der Waals surface area contributed by atoms with Crippen LogP contribution in [0.15, 0.2) is 29.7 Å². The van der Waals surface area contributed by atoms with Gasteiger partial charge in [0.25, 0.3) is 0 Å². The van der Waals surface area contributed by atoms with Crippen molar-refractivity contribution in [3.05, 3.63) is 35.9 Å². The summed E-state index contributed by atoms with van der Waals surface area (Å²) in [5.41, 5.74) is 4.38. The first-order valence-electron chi connectivity index (χ1n) is 6.28. The smallest absolute Gasteiger partial charge is 0.404 e. The number of halogens is 3. The highest BCUT2D eigenvalue weighted by atomic mass is 32.2. The van der Waals surface area contributed by atoms with Gasteiger partial charge in [0.05, 0.1) is 5.57 Å². The highest BCUT2D eigenvalue weighted by Crippen LogP contribution is 2.32. The molecule has 1 heterocycles. The van der Waals surface area contributed by atoms with Gasteiger partial charge >= 0.3 is 15.6 Å². The fourth-order valence-electron chi connectivity index (χ4n) is 1.56. The molecule has 1 aromatic heterocycles. The third-order valence-electron chi connectivity index (χ3n) is 2.66.